The number of benzene rings is 1. The third-order valence-corrected chi connectivity index (χ3v) is 3.34. The number of nitrogens with zero attached hydrogens (tertiary/aromatic N) is 1. The molecule has 114 valence electrons. The van der Waals surface area contributed by atoms with Crippen molar-refractivity contribution in [3.63, 3.8) is 0 Å². The van der Waals surface area contributed by atoms with Crippen LogP contribution in [-0.4, -0.2) is 18.1 Å². The van der Waals surface area contributed by atoms with Crippen molar-refractivity contribution in [3.05, 3.63) is 28.8 Å². The molecule has 0 heterocycles. The molecule has 0 bridgehead atoms. The zero-order valence-electron chi connectivity index (χ0n) is 11.2. The van der Waals surface area contributed by atoms with E-state index >= 15 is 0 Å². The predicted octanol–water partition coefficient (Wildman–Crippen LogP) is 2.73. The summed E-state index contributed by atoms with van der Waals surface area (Å²) in [6, 6.07) is 4.27. The van der Waals surface area contributed by atoms with Gasteiger partial charge in [-0.05, 0) is 35.9 Å². The van der Waals surface area contributed by atoms with E-state index in [0.29, 0.717) is 5.56 Å². The number of esters is 1. The van der Waals surface area contributed by atoms with Crippen LogP contribution in [0.5, 0.6) is 0 Å². The fourth-order valence-corrected chi connectivity index (χ4v) is 2.42. The number of halogens is 3. The average Bonchev–Trinajstić information content (AvgIpc) is 2.38. The van der Waals surface area contributed by atoms with Crippen molar-refractivity contribution in [2.45, 2.75) is 30.3 Å². The molecule has 0 saturated carbocycles. The van der Waals surface area contributed by atoms with Crippen LogP contribution in [0.25, 0.3) is 0 Å². The Morgan fingerprint density at radius 1 is 1.48 bits per heavy atom. The van der Waals surface area contributed by atoms with E-state index in [9.17, 15) is 18.0 Å². The molecule has 0 aliphatic carbocycles. The summed E-state index contributed by atoms with van der Waals surface area (Å²) in [4.78, 5) is 11.2. The number of hydrogen-bond donors (Lipinski definition) is 1. The summed E-state index contributed by atoms with van der Waals surface area (Å²) < 4.78 is 42.1. The summed E-state index contributed by atoms with van der Waals surface area (Å²) in [5.41, 5.74) is 1.50. The highest BCUT2D eigenvalue weighted by atomic mass is 32.2. The first kappa shape index (κ1) is 17.3. The number of nitrogens with two attached hydrogens (primary N) is 1. The lowest BCUT2D eigenvalue weighted by atomic mass is 9.99. The highest BCUT2D eigenvalue weighted by Crippen LogP contribution is 2.39. The van der Waals surface area contributed by atoms with Crippen molar-refractivity contribution in [1.29, 1.82) is 5.26 Å². The Morgan fingerprint density at radius 2 is 2.14 bits per heavy atom. The molecule has 0 unspecified atom stereocenters. The molecule has 1 aromatic carbocycles. The van der Waals surface area contributed by atoms with Crippen molar-refractivity contribution in [2.24, 2.45) is 5.73 Å². The largest absolute Gasteiger partial charge is 0.466 e. The summed E-state index contributed by atoms with van der Waals surface area (Å²) in [5, 5.41) is 9.09. The van der Waals surface area contributed by atoms with Crippen LogP contribution in [0.4, 0.5) is 13.2 Å². The topological polar surface area (TPSA) is 76.1 Å². The van der Waals surface area contributed by atoms with E-state index in [1.54, 1.807) is 13.0 Å². The minimum absolute atomic E-state index is 0.133. The Balaban J connectivity index is 3.20. The second-order valence-corrected chi connectivity index (χ2v) is 5.03. The van der Waals surface area contributed by atoms with Crippen LogP contribution >= 0.6 is 11.8 Å². The molecule has 0 fully saturated rings. The molecular weight excluding hydrogens is 305 g/mol. The molecule has 0 aliphatic heterocycles. The third-order valence-electron chi connectivity index (χ3n) is 2.55. The molecule has 0 atom stereocenters. The second-order valence-electron chi connectivity index (χ2n) is 3.92. The smallest absolute Gasteiger partial charge is 0.446 e. The van der Waals surface area contributed by atoms with Gasteiger partial charge in [-0.3, -0.25) is 4.79 Å². The van der Waals surface area contributed by atoms with Gasteiger partial charge in [-0.15, -0.1) is 0 Å². The number of alkyl halides is 3. The van der Waals surface area contributed by atoms with Gasteiger partial charge >= 0.3 is 11.5 Å². The number of rotatable bonds is 5. The highest BCUT2D eigenvalue weighted by molar-refractivity contribution is 8.00. The maximum absolute atomic E-state index is 12.5. The summed E-state index contributed by atoms with van der Waals surface area (Å²) in [5.74, 6) is -0.521. The average molecular weight is 318 g/mol. The highest BCUT2D eigenvalue weighted by Gasteiger charge is 2.31. The monoisotopic (exact) mass is 318 g/mol. The lowest BCUT2D eigenvalue weighted by molar-refractivity contribution is -0.142. The van der Waals surface area contributed by atoms with Crippen LogP contribution in [0.1, 0.15) is 23.6 Å². The fourth-order valence-electron chi connectivity index (χ4n) is 1.77. The van der Waals surface area contributed by atoms with Crippen LogP contribution in [0.15, 0.2) is 17.0 Å². The van der Waals surface area contributed by atoms with E-state index < -0.39 is 11.5 Å². The van der Waals surface area contributed by atoms with Crippen LogP contribution in [-0.2, 0) is 22.5 Å². The van der Waals surface area contributed by atoms with Gasteiger partial charge in [0.1, 0.15) is 6.07 Å². The molecule has 0 aliphatic rings. The first-order chi connectivity index (χ1) is 9.82. The number of thioether (sulfide) groups is 1. The second kappa shape index (κ2) is 7.33. The van der Waals surface area contributed by atoms with Crippen LogP contribution in [0, 0.1) is 11.3 Å². The summed E-state index contributed by atoms with van der Waals surface area (Å²) >= 11 is -0.375. The maximum Gasteiger partial charge on any atom is 0.446 e. The summed E-state index contributed by atoms with van der Waals surface area (Å²) in [6.07, 6.45) is -0.133. The van der Waals surface area contributed by atoms with E-state index in [0.717, 1.165) is 0 Å². The Bertz CT molecular complexity index is 568. The fraction of sp³-hybridized carbons (Fsp3) is 0.385. The number of nitriles is 1. The molecule has 0 aromatic heterocycles. The molecule has 8 heteroatoms. The Labute approximate surface area is 124 Å². The van der Waals surface area contributed by atoms with Crippen LogP contribution in [0.3, 0.4) is 0 Å². The number of carbonyl (C=O) groups excluding carboxylic acids is 1. The van der Waals surface area contributed by atoms with Crippen molar-refractivity contribution >= 4 is 17.7 Å². The zero-order chi connectivity index (χ0) is 16.0. The van der Waals surface area contributed by atoms with Gasteiger partial charge in [-0.1, -0.05) is 6.07 Å². The molecule has 0 amide bonds. The number of hydrogen-bond acceptors (Lipinski definition) is 5. The molecule has 21 heavy (non-hydrogen) atoms. The molecule has 1 rings (SSSR count). The van der Waals surface area contributed by atoms with Crippen molar-refractivity contribution in [1.82, 2.24) is 0 Å². The predicted molar refractivity (Wildman–Crippen MR) is 71.3 cm³/mol. The van der Waals surface area contributed by atoms with Gasteiger partial charge in [-0.2, -0.15) is 18.4 Å². The summed E-state index contributed by atoms with van der Waals surface area (Å²) in [7, 11) is 0. The standard InChI is InChI=1S/C13H13F3N2O2S/c1-2-20-12(19)5-8-3-4-11(21-13(14,15)16)10(7-18)9(8)6-17/h3-4H,2,5-6,17H2,1H3. The van der Waals surface area contributed by atoms with Crippen molar-refractivity contribution < 1.29 is 22.7 Å². The van der Waals surface area contributed by atoms with Gasteiger partial charge < -0.3 is 10.5 Å². The lowest BCUT2D eigenvalue weighted by Crippen LogP contribution is -2.13. The lowest BCUT2D eigenvalue weighted by Gasteiger charge is -2.14. The zero-order valence-corrected chi connectivity index (χ0v) is 12.0. The Hall–Kier alpha value is -1.72. The SMILES string of the molecule is CCOC(=O)Cc1ccc(SC(F)(F)F)c(C#N)c1CN. The maximum atomic E-state index is 12.5. The number of ether oxygens (including phenoxy) is 1. The van der Waals surface area contributed by atoms with Crippen molar-refractivity contribution in [2.75, 3.05) is 6.61 Å². The van der Waals surface area contributed by atoms with E-state index in [-0.39, 0.29) is 47.4 Å². The first-order valence-electron chi connectivity index (χ1n) is 5.98. The van der Waals surface area contributed by atoms with Gasteiger partial charge in [0, 0.05) is 11.4 Å². The van der Waals surface area contributed by atoms with E-state index in [2.05, 4.69) is 0 Å². The third kappa shape index (κ3) is 4.95. The van der Waals surface area contributed by atoms with Crippen molar-refractivity contribution in [3.8, 4) is 6.07 Å². The minimum atomic E-state index is -4.50. The Kier molecular flexibility index (Phi) is 6.05. The summed E-state index contributed by atoms with van der Waals surface area (Å²) in [6.45, 7) is 1.71. The molecule has 0 radical (unpaired) electrons. The van der Waals surface area contributed by atoms with Crippen LogP contribution in [0.2, 0.25) is 0 Å². The van der Waals surface area contributed by atoms with E-state index in [4.69, 9.17) is 15.7 Å². The molecular formula is C13H13F3N2O2S. The van der Waals surface area contributed by atoms with Gasteiger partial charge in [0.15, 0.2) is 0 Å². The molecule has 0 saturated heterocycles. The minimum Gasteiger partial charge on any atom is -0.466 e. The Morgan fingerprint density at radius 3 is 2.62 bits per heavy atom. The molecule has 0 spiro atoms. The normalized spacial score (nSPS) is 11.0. The van der Waals surface area contributed by atoms with Gasteiger partial charge in [0.25, 0.3) is 0 Å². The van der Waals surface area contributed by atoms with Gasteiger partial charge in [0.05, 0.1) is 18.6 Å². The van der Waals surface area contributed by atoms with E-state index in [1.165, 1.54) is 12.1 Å². The number of carbonyl (C=O) groups is 1. The van der Waals surface area contributed by atoms with Gasteiger partial charge in [0.2, 0.25) is 0 Å². The van der Waals surface area contributed by atoms with E-state index in [1.807, 2.05) is 0 Å². The molecule has 1 aromatic rings. The quantitative estimate of drug-likeness (QED) is 0.667. The first-order valence-corrected chi connectivity index (χ1v) is 6.80. The van der Waals surface area contributed by atoms with Gasteiger partial charge in [-0.25, -0.2) is 0 Å². The van der Waals surface area contributed by atoms with Crippen LogP contribution < -0.4 is 5.73 Å². The molecule has 4 nitrogen and oxygen atoms in total. The molecule has 2 N–H and O–H groups in total.